The summed E-state index contributed by atoms with van der Waals surface area (Å²) in [5.41, 5.74) is 1.80. The lowest BCUT2D eigenvalue weighted by Gasteiger charge is -2.13. The summed E-state index contributed by atoms with van der Waals surface area (Å²) in [5.74, 6) is 1.82. The maximum Gasteiger partial charge on any atom is 0.272 e. The molecule has 0 saturated heterocycles. The zero-order valence-electron chi connectivity index (χ0n) is 10.9. The molecule has 0 fully saturated rings. The van der Waals surface area contributed by atoms with Crippen LogP contribution >= 0.6 is 35.1 Å². The molecule has 6 heteroatoms. The van der Waals surface area contributed by atoms with Crippen LogP contribution in [0.5, 0.6) is 0 Å². The number of aryl methyl sites for hydroxylation is 1. The largest absolute Gasteiger partial charge is 0.272 e. The third-order valence-corrected chi connectivity index (χ3v) is 5.20. The Labute approximate surface area is 130 Å². The highest BCUT2D eigenvalue weighted by Gasteiger charge is 2.22. The Morgan fingerprint density at radius 2 is 2.15 bits per heavy atom. The molecular formula is C14H13ClN2OS2. The van der Waals surface area contributed by atoms with E-state index in [1.165, 1.54) is 0 Å². The first-order chi connectivity index (χ1) is 9.70. The van der Waals surface area contributed by atoms with Crippen LogP contribution in [0.4, 0.5) is 0 Å². The van der Waals surface area contributed by atoms with Crippen LogP contribution in [0.3, 0.4) is 0 Å². The molecule has 104 valence electrons. The second-order valence-corrected chi connectivity index (χ2v) is 7.09. The SMILES string of the molecule is CCSc1nc2c(c(=O)n1-c1ccc(Cl)cc1)SCC2. The van der Waals surface area contributed by atoms with Gasteiger partial charge in [0.15, 0.2) is 5.16 Å². The van der Waals surface area contributed by atoms with Gasteiger partial charge in [-0.1, -0.05) is 30.3 Å². The van der Waals surface area contributed by atoms with E-state index in [4.69, 9.17) is 11.6 Å². The number of hydrogen-bond acceptors (Lipinski definition) is 4. The minimum atomic E-state index is 0.0378. The lowest BCUT2D eigenvalue weighted by Crippen LogP contribution is -2.23. The maximum absolute atomic E-state index is 12.7. The van der Waals surface area contributed by atoms with Crippen molar-refractivity contribution in [3.8, 4) is 5.69 Å². The number of rotatable bonds is 3. The van der Waals surface area contributed by atoms with Crippen LogP contribution in [0, 0.1) is 0 Å². The highest BCUT2D eigenvalue weighted by atomic mass is 35.5. The molecule has 0 unspecified atom stereocenters. The standard InChI is InChI=1S/C14H13ClN2OS2/c1-2-19-14-16-11-7-8-20-12(11)13(18)17(14)10-5-3-9(15)4-6-10/h3-6H,2,7-8H2,1H3. The lowest BCUT2D eigenvalue weighted by molar-refractivity contribution is 0.740. The molecule has 2 aromatic rings. The minimum Gasteiger partial charge on any atom is -0.268 e. The smallest absolute Gasteiger partial charge is 0.268 e. The molecule has 0 aliphatic carbocycles. The zero-order chi connectivity index (χ0) is 14.1. The third-order valence-electron chi connectivity index (χ3n) is 3.02. The van der Waals surface area contributed by atoms with Crippen molar-refractivity contribution in [2.45, 2.75) is 23.4 Å². The van der Waals surface area contributed by atoms with Crippen LogP contribution in [0.2, 0.25) is 5.02 Å². The predicted octanol–water partition coefficient (Wildman–Crippen LogP) is 3.65. The summed E-state index contributed by atoms with van der Waals surface area (Å²) in [5, 5.41) is 1.43. The van der Waals surface area contributed by atoms with E-state index in [2.05, 4.69) is 11.9 Å². The van der Waals surface area contributed by atoms with Crippen molar-refractivity contribution in [2.75, 3.05) is 11.5 Å². The van der Waals surface area contributed by atoms with Gasteiger partial charge in [-0.15, -0.1) is 11.8 Å². The Balaban J connectivity index is 2.22. The fraction of sp³-hybridized carbons (Fsp3) is 0.286. The Kier molecular flexibility index (Phi) is 4.10. The van der Waals surface area contributed by atoms with Crippen molar-refractivity contribution in [3.63, 3.8) is 0 Å². The highest BCUT2D eigenvalue weighted by molar-refractivity contribution is 7.99. The van der Waals surface area contributed by atoms with Gasteiger partial charge < -0.3 is 0 Å². The van der Waals surface area contributed by atoms with E-state index in [0.717, 1.165) is 39.4 Å². The first-order valence-electron chi connectivity index (χ1n) is 6.38. The average Bonchev–Trinajstić information content (AvgIpc) is 2.90. The van der Waals surface area contributed by atoms with Crippen molar-refractivity contribution in [1.82, 2.24) is 9.55 Å². The molecule has 20 heavy (non-hydrogen) atoms. The fourth-order valence-electron chi connectivity index (χ4n) is 2.14. The molecule has 0 bridgehead atoms. The van der Waals surface area contributed by atoms with Gasteiger partial charge in [0.25, 0.3) is 5.56 Å². The zero-order valence-corrected chi connectivity index (χ0v) is 13.3. The van der Waals surface area contributed by atoms with Gasteiger partial charge in [-0.05, 0) is 30.0 Å². The summed E-state index contributed by atoms with van der Waals surface area (Å²) < 4.78 is 1.70. The molecule has 0 atom stereocenters. The third kappa shape index (κ3) is 2.50. The van der Waals surface area contributed by atoms with E-state index >= 15 is 0 Å². The first kappa shape index (κ1) is 14.0. The summed E-state index contributed by atoms with van der Waals surface area (Å²) >= 11 is 9.11. The molecule has 0 N–H and O–H groups in total. The van der Waals surface area contributed by atoms with Gasteiger partial charge in [-0.25, -0.2) is 4.98 Å². The number of aromatic nitrogens is 2. The molecule has 3 rings (SSSR count). The number of thioether (sulfide) groups is 2. The Morgan fingerprint density at radius 3 is 2.85 bits per heavy atom. The van der Waals surface area contributed by atoms with Crippen LogP contribution < -0.4 is 5.56 Å². The van der Waals surface area contributed by atoms with E-state index in [0.29, 0.717) is 5.02 Å². The quantitative estimate of drug-likeness (QED) is 0.637. The fourth-order valence-corrected chi connectivity index (χ4v) is 4.04. The van der Waals surface area contributed by atoms with Gasteiger partial charge in [0, 0.05) is 17.2 Å². The van der Waals surface area contributed by atoms with E-state index in [9.17, 15) is 4.79 Å². The monoisotopic (exact) mass is 324 g/mol. The Bertz CT molecular complexity index is 698. The van der Waals surface area contributed by atoms with Crippen molar-refractivity contribution in [1.29, 1.82) is 0 Å². The Morgan fingerprint density at radius 1 is 1.40 bits per heavy atom. The van der Waals surface area contributed by atoms with Crippen LogP contribution in [-0.2, 0) is 6.42 Å². The molecular weight excluding hydrogens is 312 g/mol. The van der Waals surface area contributed by atoms with Gasteiger partial charge in [0.1, 0.15) is 0 Å². The summed E-state index contributed by atoms with van der Waals surface area (Å²) in [4.78, 5) is 18.2. The van der Waals surface area contributed by atoms with Gasteiger partial charge in [0.2, 0.25) is 0 Å². The molecule has 0 radical (unpaired) electrons. The van der Waals surface area contributed by atoms with Crippen molar-refractivity contribution < 1.29 is 0 Å². The Hall–Kier alpha value is -0.910. The molecule has 1 aromatic carbocycles. The van der Waals surface area contributed by atoms with Crippen LogP contribution in [-0.4, -0.2) is 21.1 Å². The number of nitrogens with zero attached hydrogens (tertiary/aromatic N) is 2. The number of hydrogen-bond donors (Lipinski definition) is 0. The van der Waals surface area contributed by atoms with Crippen LogP contribution in [0.15, 0.2) is 39.1 Å². The van der Waals surface area contributed by atoms with Crippen molar-refractivity contribution in [2.24, 2.45) is 0 Å². The molecule has 1 aromatic heterocycles. The highest BCUT2D eigenvalue weighted by Crippen LogP contribution is 2.29. The maximum atomic E-state index is 12.7. The van der Waals surface area contributed by atoms with Gasteiger partial charge in [-0.3, -0.25) is 9.36 Å². The molecule has 1 aliphatic rings. The minimum absolute atomic E-state index is 0.0378. The van der Waals surface area contributed by atoms with Gasteiger partial charge >= 0.3 is 0 Å². The van der Waals surface area contributed by atoms with Crippen LogP contribution in [0.1, 0.15) is 12.6 Å². The van der Waals surface area contributed by atoms with E-state index in [-0.39, 0.29) is 5.56 Å². The van der Waals surface area contributed by atoms with Gasteiger partial charge in [0.05, 0.1) is 16.3 Å². The second-order valence-electron chi connectivity index (χ2n) is 4.32. The summed E-state index contributed by atoms with van der Waals surface area (Å²) in [6, 6.07) is 7.31. The normalized spacial score (nSPS) is 13.5. The van der Waals surface area contributed by atoms with Gasteiger partial charge in [-0.2, -0.15) is 0 Å². The first-order valence-corrected chi connectivity index (χ1v) is 8.73. The average molecular weight is 325 g/mol. The van der Waals surface area contributed by atoms with E-state index in [1.54, 1.807) is 40.2 Å². The van der Waals surface area contributed by atoms with Crippen molar-refractivity contribution >= 4 is 35.1 Å². The number of halogens is 1. The summed E-state index contributed by atoms with van der Waals surface area (Å²) in [7, 11) is 0. The molecule has 0 amide bonds. The predicted molar refractivity (Wildman–Crippen MR) is 85.7 cm³/mol. The van der Waals surface area contributed by atoms with E-state index in [1.807, 2.05) is 12.1 Å². The summed E-state index contributed by atoms with van der Waals surface area (Å²) in [6.45, 7) is 2.06. The lowest BCUT2D eigenvalue weighted by atomic mass is 10.3. The number of benzene rings is 1. The molecule has 3 nitrogen and oxygen atoms in total. The molecule has 0 spiro atoms. The topological polar surface area (TPSA) is 34.9 Å². The molecule has 1 aliphatic heterocycles. The molecule has 2 heterocycles. The summed E-state index contributed by atoms with van der Waals surface area (Å²) in [6.07, 6.45) is 0.883. The number of fused-ring (bicyclic) bond motifs is 1. The van der Waals surface area contributed by atoms with Crippen molar-refractivity contribution in [3.05, 3.63) is 45.3 Å². The van der Waals surface area contributed by atoms with E-state index < -0.39 is 0 Å². The second kappa shape index (κ2) is 5.84. The van der Waals surface area contributed by atoms with Crippen LogP contribution in [0.25, 0.3) is 5.69 Å². The molecule has 0 saturated carbocycles.